The molecule has 0 aromatic rings. The summed E-state index contributed by atoms with van der Waals surface area (Å²) in [4.78, 5) is 37.2. The number of fused-ring (bicyclic) bond motifs is 2. The lowest BCUT2D eigenvalue weighted by Crippen LogP contribution is -2.57. The predicted octanol–water partition coefficient (Wildman–Crippen LogP) is 1.21. The fourth-order valence-electron chi connectivity index (χ4n) is 6.26. The molecule has 172 valence electrons. The fraction of sp³-hybridized carbons (Fsp3) is 0.696. The molecule has 0 aliphatic heterocycles. The van der Waals surface area contributed by atoms with Crippen molar-refractivity contribution in [2.45, 2.75) is 84.4 Å². The first kappa shape index (κ1) is 23.6. The summed E-state index contributed by atoms with van der Waals surface area (Å²) >= 11 is 0. The maximum absolute atomic E-state index is 12.9. The van der Waals surface area contributed by atoms with Crippen LogP contribution in [0.1, 0.15) is 54.4 Å². The third kappa shape index (κ3) is 3.18. The van der Waals surface area contributed by atoms with Crippen LogP contribution in [-0.4, -0.2) is 63.1 Å². The van der Waals surface area contributed by atoms with Crippen LogP contribution in [0.5, 0.6) is 0 Å². The summed E-state index contributed by atoms with van der Waals surface area (Å²) < 4.78 is 11.4. The molecule has 31 heavy (non-hydrogen) atoms. The minimum Gasteiger partial charge on any atom is -0.461 e. The Hall–Kier alpha value is -2.03. The Morgan fingerprint density at radius 2 is 1.65 bits per heavy atom. The van der Waals surface area contributed by atoms with Crippen molar-refractivity contribution in [2.24, 2.45) is 16.7 Å². The molecule has 0 saturated heterocycles. The van der Waals surface area contributed by atoms with Crippen molar-refractivity contribution < 1.29 is 39.2 Å². The number of esters is 2. The van der Waals surface area contributed by atoms with Gasteiger partial charge < -0.3 is 24.8 Å². The van der Waals surface area contributed by atoms with Gasteiger partial charge in [0.25, 0.3) is 0 Å². The number of ether oxygens (including phenoxy) is 2. The van der Waals surface area contributed by atoms with Gasteiger partial charge >= 0.3 is 11.9 Å². The smallest absolute Gasteiger partial charge is 0.303 e. The van der Waals surface area contributed by atoms with Crippen molar-refractivity contribution in [3.05, 3.63) is 23.3 Å². The minimum atomic E-state index is -1.61. The van der Waals surface area contributed by atoms with Gasteiger partial charge in [0, 0.05) is 31.6 Å². The highest BCUT2D eigenvalue weighted by atomic mass is 16.6. The monoisotopic (exact) mass is 436 g/mol. The Bertz CT molecular complexity index is 880. The van der Waals surface area contributed by atoms with Crippen molar-refractivity contribution in [1.82, 2.24) is 0 Å². The van der Waals surface area contributed by atoms with E-state index < -0.39 is 58.7 Å². The number of aliphatic hydroxyl groups excluding tert-OH is 2. The normalized spacial score (nSPS) is 40.4. The van der Waals surface area contributed by atoms with Gasteiger partial charge in [-0.05, 0) is 43.9 Å². The number of carbonyl (C=O) groups excluding carboxylic acids is 3. The maximum atomic E-state index is 12.9. The number of ketones is 1. The Kier molecular flexibility index (Phi) is 5.53. The summed E-state index contributed by atoms with van der Waals surface area (Å²) in [7, 11) is 0. The van der Waals surface area contributed by atoms with E-state index in [1.165, 1.54) is 27.7 Å². The molecule has 3 aliphatic rings. The quantitative estimate of drug-likeness (QED) is 0.445. The van der Waals surface area contributed by atoms with E-state index >= 15 is 0 Å². The van der Waals surface area contributed by atoms with E-state index in [2.05, 4.69) is 6.58 Å². The molecular formula is C23H32O8. The van der Waals surface area contributed by atoms with Crippen molar-refractivity contribution in [3.8, 4) is 0 Å². The van der Waals surface area contributed by atoms with Crippen molar-refractivity contribution >= 4 is 17.7 Å². The molecule has 0 heterocycles. The summed E-state index contributed by atoms with van der Waals surface area (Å²) in [5.41, 5.74) is -3.37. The topological polar surface area (TPSA) is 130 Å². The molecule has 7 atom stereocenters. The molecule has 8 heteroatoms. The van der Waals surface area contributed by atoms with Crippen LogP contribution >= 0.6 is 0 Å². The van der Waals surface area contributed by atoms with Crippen molar-refractivity contribution in [3.63, 3.8) is 0 Å². The Labute approximate surface area is 181 Å². The largest absolute Gasteiger partial charge is 0.461 e. The number of aliphatic hydroxyl groups is 3. The van der Waals surface area contributed by atoms with Crippen LogP contribution in [0.3, 0.4) is 0 Å². The van der Waals surface area contributed by atoms with Gasteiger partial charge in [-0.25, -0.2) is 0 Å². The molecular weight excluding hydrogens is 404 g/mol. The highest BCUT2D eigenvalue weighted by molar-refractivity contribution is 6.00. The van der Waals surface area contributed by atoms with E-state index in [4.69, 9.17) is 9.47 Å². The highest BCUT2D eigenvalue weighted by Gasteiger charge is 2.71. The zero-order chi connectivity index (χ0) is 23.7. The van der Waals surface area contributed by atoms with E-state index in [1.807, 2.05) is 0 Å². The number of hydrogen-bond acceptors (Lipinski definition) is 8. The number of hydrogen-bond donors (Lipinski definition) is 3. The second-order valence-electron chi connectivity index (χ2n) is 9.95. The van der Waals surface area contributed by atoms with Crippen LogP contribution in [0.4, 0.5) is 0 Å². The zero-order valence-electron chi connectivity index (χ0n) is 18.9. The molecule has 0 radical (unpaired) electrons. The number of rotatable bonds is 3. The van der Waals surface area contributed by atoms with Crippen LogP contribution in [0.2, 0.25) is 0 Å². The van der Waals surface area contributed by atoms with Gasteiger partial charge in [-0.2, -0.15) is 0 Å². The van der Waals surface area contributed by atoms with Crippen LogP contribution in [0, 0.1) is 16.7 Å². The molecule has 0 aromatic heterocycles. The van der Waals surface area contributed by atoms with Crippen molar-refractivity contribution in [2.75, 3.05) is 0 Å². The molecule has 3 rings (SSSR count). The first-order valence-electron chi connectivity index (χ1n) is 10.5. The predicted molar refractivity (Wildman–Crippen MR) is 110 cm³/mol. The molecule has 0 unspecified atom stereocenters. The van der Waals surface area contributed by atoms with Gasteiger partial charge in [0.2, 0.25) is 0 Å². The number of allylic oxidation sites excluding steroid dienone is 1. The summed E-state index contributed by atoms with van der Waals surface area (Å²) in [5.74, 6) is -2.36. The third-order valence-corrected chi connectivity index (χ3v) is 7.61. The van der Waals surface area contributed by atoms with Gasteiger partial charge in [-0.1, -0.05) is 13.5 Å². The average Bonchev–Trinajstić information content (AvgIpc) is 2.99. The standard InChI is InChI=1S/C23H32O8/c1-10-15(27)9-23(21(5,6)29)16(10)18(28)20(31-13(4)25)22(7)8-14(26)11(2)17(22)19(23)30-12(3)24/h14,17-20,26,28-29H,2,8-9H2,1,3-7H3/t14-,17-,18+,19+,20+,22+,23-/m0/s1. The minimum absolute atomic E-state index is 0.103. The van der Waals surface area contributed by atoms with Gasteiger partial charge in [0.05, 0.1) is 17.1 Å². The van der Waals surface area contributed by atoms with E-state index in [-0.39, 0.29) is 29.8 Å². The summed E-state index contributed by atoms with van der Waals surface area (Å²) in [6, 6.07) is 0. The molecule has 0 amide bonds. The molecule has 3 N–H and O–H groups in total. The molecule has 2 fully saturated rings. The van der Waals surface area contributed by atoms with Gasteiger partial charge in [0.1, 0.15) is 18.3 Å². The molecule has 3 aliphatic carbocycles. The van der Waals surface area contributed by atoms with Crippen LogP contribution in [-0.2, 0) is 23.9 Å². The number of carbonyl (C=O) groups is 3. The summed E-state index contributed by atoms with van der Waals surface area (Å²) in [6.45, 7) is 12.7. The zero-order valence-corrected chi connectivity index (χ0v) is 18.9. The first-order valence-corrected chi connectivity index (χ1v) is 10.5. The first-order chi connectivity index (χ1) is 14.1. The molecule has 2 saturated carbocycles. The Morgan fingerprint density at radius 3 is 2.13 bits per heavy atom. The molecule has 8 nitrogen and oxygen atoms in total. The molecule has 0 bridgehead atoms. The van der Waals surface area contributed by atoms with E-state index in [1.54, 1.807) is 13.8 Å². The molecule has 0 aromatic carbocycles. The lowest BCUT2D eigenvalue weighted by molar-refractivity contribution is -0.179. The third-order valence-electron chi connectivity index (χ3n) is 7.61. The van der Waals surface area contributed by atoms with Crippen LogP contribution < -0.4 is 0 Å². The summed E-state index contributed by atoms with van der Waals surface area (Å²) in [5, 5.41) is 33.7. The Morgan fingerprint density at radius 1 is 1.13 bits per heavy atom. The van der Waals surface area contributed by atoms with E-state index in [9.17, 15) is 29.7 Å². The van der Waals surface area contributed by atoms with Crippen LogP contribution in [0.25, 0.3) is 0 Å². The van der Waals surface area contributed by atoms with E-state index in [0.29, 0.717) is 5.57 Å². The number of Topliss-reactive ketones (excluding diaryl/α,β-unsaturated/α-hetero) is 1. The SMILES string of the molecule is C=C1[C@@H](O)C[C@@]2(C)[C@H](OC(C)=O)[C@H](O)C3=C(C)C(=O)C[C@@]3(C(C)(C)O)[C@H](OC(C)=O)[C@H]12. The van der Waals surface area contributed by atoms with Gasteiger partial charge in [-0.15, -0.1) is 0 Å². The Balaban J connectivity index is 2.43. The second-order valence-corrected chi connectivity index (χ2v) is 9.95. The molecule has 0 spiro atoms. The van der Waals surface area contributed by atoms with Crippen molar-refractivity contribution in [1.29, 1.82) is 0 Å². The lowest BCUT2D eigenvalue weighted by atomic mass is 9.60. The summed E-state index contributed by atoms with van der Waals surface area (Å²) in [6.07, 6.45) is -4.82. The fourth-order valence-corrected chi connectivity index (χ4v) is 6.26. The van der Waals surface area contributed by atoms with Gasteiger partial charge in [-0.3, -0.25) is 14.4 Å². The average molecular weight is 437 g/mol. The van der Waals surface area contributed by atoms with Crippen LogP contribution in [0.15, 0.2) is 23.3 Å². The maximum Gasteiger partial charge on any atom is 0.303 e. The highest BCUT2D eigenvalue weighted by Crippen LogP contribution is 2.65. The van der Waals surface area contributed by atoms with E-state index in [0.717, 1.165) is 0 Å². The lowest BCUT2D eigenvalue weighted by Gasteiger charge is -2.49. The second kappa shape index (κ2) is 7.25. The van der Waals surface area contributed by atoms with Gasteiger partial charge in [0.15, 0.2) is 5.78 Å².